The maximum atomic E-state index is 8.70. The number of aliphatic hydroxyl groups is 1. The molecule has 1 aliphatic carbocycles. The molecule has 14 heavy (non-hydrogen) atoms. The molecular weight excluding hydrogens is 176 g/mol. The Morgan fingerprint density at radius 3 is 2.86 bits per heavy atom. The summed E-state index contributed by atoms with van der Waals surface area (Å²) >= 11 is 0. The van der Waals surface area contributed by atoms with Crippen molar-refractivity contribution in [2.45, 2.75) is 46.1 Å². The van der Waals surface area contributed by atoms with Gasteiger partial charge in [-0.15, -0.1) is 0 Å². The molecule has 2 unspecified atom stereocenters. The lowest BCUT2D eigenvalue weighted by atomic mass is 9.73. The lowest BCUT2D eigenvalue weighted by Gasteiger charge is -2.37. The zero-order valence-electron chi connectivity index (χ0n) is 9.55. The Kier molecular flexibility index (Phi) is 4.14. The maximum absolute atomic E-state index is 8.70. The van der Waals surface area contributed by atoms with Crippen molar-refractivity contribution in [2.24, 2.45) is 5.41 Å². The minimum Gasteiger partial charge on any atom is -0.394 e. The molecule has 82 valence electrons. The maximum Gasteiger partial charge on any atom is 0.0701 e. The second-order valence-corrected chi connectivity index (χ2v) is 4.65. The molecule has 1 rings (SSSR count). The molecule has 0 aromatic rings. The topological polar surface area (TPSA) is 29.5 Å². The molecule has 0 aromatic heterocycles. The average molecular weight is 198 g/mol. The van der Waals surface area contributed by atoms with Gasteiger partial charge in [-0.3, -0.25) is 0 Å². The third kappa shape index (κ3) is 2.82. The highest BCUT2D eigenvalue weighted by atomic mass is 16.5. The zero-order valence-corrected chi connectivity index (χ0v) is 9.55. The third-order valence-corrected chi connectivity index (χ3v) is 3.45. The molecule has 0 heterocycles. The van der Waals surface area contributed by atoms with E-state index in [0.29, 0.717) is 6.61 Å². The normalized spacial score (nSPS) is 29.9. The van der Waals surface area contributed by atoms with Gasteiger partial charge >= 0.3 is 0 Å². The molecule has 2 heteroatoms. The molecule has 1 aliphatic rings. The molecule has 0 saturated carbocycles. The molecule has 0 amide bonds. The summed E-state index contributed by atoms with van der Waals surface area (Å²) in [6.45, 7) is 7.16. The SMILES string of the molecule is CC1=CCC(C)(C(C)OCCO)CC1. The summed E-state index contributed by atoms with van der Waals surface area (Å²) < 4.78 is 5.59. The lowest BCUT2D eigenvalue weighted by Crippen LogP contribution is -2.34. The van der Waals surface area contributed by atoms with Crippen LogP contribution in [-0.2, 0) is 4.74 Å². The molecule has 0 radical (unpaired) electrons. The van der Waals surface area contributed by atoms with E-state index in [-0.39, 0.29) is 18.1 Å². The van der Waals surface area contributed by atoms with Gasteiger partial charge in [0.25, 0.3) is 0 Å². The Morgan fingerprint density at radius 2 is 2.36 bits per heavy atom. The highest BCUT2D eigenvalue weighted by Gasteiger charge is 2.32. The van der Waals surface area contributed by atoms with Crippen molar-refractivity contribution in [3.63, 3.8) is 0 Å². The summed E-state index contributed by atoms with van der Waals surface area (Å²) in [7, 11) is 0. The molecule has 2 nitrogen and oxygen atoms in total. The first kappa shape index (κ1) is 11.7. The summed E-state index contributed by atoms with van der Waals surface area (Å²) in [5, 5.41) is 8.70. The van der Waals surface area contributed by atoms with Gasteiger partial charge in [-0.05, 0) is 38.5 Å². The van der Waals surface area contributed by atoms with E-state index in [4.69, 9.17) is 9.84 Å². The number of hydrogen-bond donors (Lipinski definition) is 1. The van der Waals surface area contributed by atoms with Crippen LogP contribution in [0, 0.1) is 5.41 Å². The molecule has 0 aromatic carbocycles. The molecule has 2 atom stereocenters. The van der Waals surface area contributed by atoms with Gasteiger partial charge in [0.05, 0.1) is 19.3 Å². The minimum absolute atomic E-state index is 0.120. The van der Waals surface area contributed by atoms with Crippen LogP contribution in [0.3, 0.4) is 0 Å². The molecule has 0 saturated heterocycles. The van der Waals surface area contributed by atoms with E-state index in [2.05, 4.69) is 26.8 Å². The van der Waals surface area contributed by atoms with Crippen LogP contribution in [-0.4, -0.2) is 24.4 Å². The second kappa shape index (κ2) is 4.94. The molecule has 0 aliphatic heterocycles. The van der Waals surface area contributed by atoms with Gasteiger partial charge in [0, 0.05) is 0 Å². The Hall–Kier alpha value is -0.340. The van der Waals surface area contributed by atoms with Crippen LogP contribution in [0.2, 0.25) is 0 Å². The van der Waals surface area contributed by atoms with Crippen LogP contribution in [0.15, 0.2) is 11.6 Å². The van der Waals surface area contributed by atoms with Crippen molar-refractivity contribution in [3.05, 3.63) is 11.6 Å². The smallest absolute Gasteiger partial charge is 0.0701 e. The Balaban J connectivity index is 2.49. The standard InChI is InChI=1S/C12H22O2/c1-10-4-6-12(3,7-5-10)11(2)14-9-8-13/h4,11,13H,5-9H2,1-3H3. The summed E-state index contributed by atoms with van der Waals surface area (Å²) in [6.07, 6.45) is 6.04. The molecule has 1 N–H and O–H groups in total. The largest absolute Gasteiger partial charge is 0.394 e. The second-order valence-electron chi connectivity index (χ2n) is 4.65. The highest BCUT2D eigenvalue weighted by Crippen LogP contribution is 2.38. The van der Waals surface area contributed by atoms with Crippen LogP contribution in [0.4, 0.5) is 0 Å². The van der Waals surface area contributed by atoms with E-state index in [0.717, 1.165) is 6.42 Å². The average Bonchev–Trinajstić information content (AvgIpc) is 2.19. The number of ether oxygens (including phenoxy) is 1. The summed E-state index contributed by atoms with van der Waals surface area (Å²) in [4.78, 5) is 0. The fraction of sp³-hybridized carbons (Fsp3) is 0.833. The first-order chi connectivity index (χ1) is 6.58. The van der Waals surface area contributed by atoms with Crippen molar-refractivity contribution in [1.82, 2.24) is 0 Å². The number of aliphatic hydroxyl groups excluding tert-OH is 1. The van der Waals surface area contributed by atoms with Crippen LogP contribution in [0.5, 0.6) is 0 Å². The van der Waals surface area contributed by atoms with Gasteiger partial charge in [-0.2, -0.15) is 0 Å². The van der Waals surface area contributed by atoms with Gasteiger partial charge in [0.1, 0.15) is 0 Å². The van der Waals surface area contributed by atoms with Crippen molar-refractivity contribution in [3.8, 4) is 0 Å². The lowest BCUT2D eigenvalue weighted by molar-refractivity contribution is -0.0385. The first-order valence-corrected chi connectivity index (χ1v) is 5.46. The van der Waals surface area contributed by atoms with Gasteiger partial charge in [0.2, 0.25) is 0 Å². The highest BCUT2D eigenvalue weighted by molar-refractivity contribution is 5.07. The van der Waals surface area contributed by atoms with E-state index in [1.807, 2.05) is 0 Å². The van der Waals surface area contributed by atoms with Gasteiger partial charge in [0.15, 0.2) is 0 Å². The fourth-order valence-corrected chi connectivity index (χ4v) is 1.89. The van der Waals surface area contributed by atoms with Crippen LogP contribution >= 0.6 is 0 Å². The predicted molar refractivity (Wildman–Crippen MR) is 58.2 cm³/mol. The van der Waals surface area contributed by atoms with Crippen LogP contribution in [0.1, 0.15) is 40.0 Å². The Labute approximate surface area is 87.0 Å². The van der Waals surface area contributed by atoms with Gasteiger partial charge < -0.3 is 9.84 Å². The number of hydrogen-bond acceptors (Lipinski definition) is 2. The fourth-order valence-electron chi connectivity index (χ4n) is 1.89. The predicted octanol–water partition coefficient (Wildman–Crippen LogP) is 2.52. The van der Waals surface area contributed by atoms with Gasteiger partial charge in [-0.25, -0.2) is 0 Å². The monoisotopic (exact) mass is 198 g/mol. The zero-order chi connectivity index (χ0) is 10.6. The third-order valence-electron chi connectivity index (χ3n) is 3.45. The van der Waals surface area contributed by atoms with Crippen molar-refractivity contribution in [2.75, 3.05) is 13.2 Å². The summed E-state index contributed by atoms with van der Waals surface area (Å²) in [6, 6.07) is 0. The Morgan fingerprint density at radius 1 is 1.64 bits per heavy atom. The van der Waals surface area contributed by atoms with E-state index in [9.17, 15) is 0 Å². The minimum atomic E-state index is 0.120. The summed E-state index contributed by atoms with van der Waals surface area (Å²) in [5.74, 6) is 0. The van der Waals surface area contributed by atoms with Crippen LogP contribution in [0.25, 0.3) is 0 Å². The Bertz CT molecular complexity index is 210. The van der Waals surface area contributed by atoms with E-state index >= 15 is 0 Å². The molecule has 0 fully saturated rings. The molecule has 0 bridgehead atoms. The molecular formula is C12H22O2. The summed E-state index contributed by atoms with van der Waals surface area (Å²) in [5.41, 5.74) is 1.76. The van der Waals surface area contributed by atoms with Gasteiger partial charge in [-0.1, -0.05) is 18.6 Å². The first-order valence-electron chi connectivity index (χ1n) is 5.46. The van der Waals surface area contributed by atoms with Crippen molar-refractivity contribution < 1.29 is 9.84 Å². The van der Waals surface area contributed by atoms with E-state index in [1.165, 1.54) is 18.4 Å². The quantitative estimate of drug-likeness (QED) is 0.703. The van der Waals surface area contributed by atoms with Crippen molar-refractivity contribution >= 4 is 0 Å². The van der Waals surface area contributed by atoms with Crippen LogP contribution < -0.4 is 0 Å². The number of allylic oxidation sites excluding steroid dienone is 2. The molecule has 0 spiro atoms. The number of rotatable bonds is 4. The van der Waals surface area contributed by atoms with E-state index < -0.39 is 0 Å². The van der Waals surface area contributed by atoms with E-state index in [1.54, 1.807) is 0 Å². The van der Waals surface area contributed by atoms with Crippen molar-refractivity contribution in [1.29, 1.82) is 0 Å².